The summed E-state index contributed by atoms with van der Waals surface area (Å²) in [6.45, 7) is 3.99. The van der Waals surface area contributed by atoms with Crippen LogP contribution in [0.5, 0.6) is 11.5 Å². The molecule has 1 N–H and O–H groups in total. The number of ether oxygens (including phenoxy) is 2. The van der Waals surface area contributed by atoms with Crippen LogP contribution in [0.4, 0.5) is 5.69 Å². The van der Waals surface area contributed by atoms with E-state index in [1.807, 2.05) is 19.1 Å². The van der Waals surface area contributed by atoms with Gasteiger partial charge in [-0.05, 0) is 44.2 Å². The Bertz CT molecular complexity index is 771. The van der Waals surface area contributed by atoms with Gasteiger partial charge in [-0.1, -0.05) is 23.7 Å². The molecule has 0 spiro atoms. The smallest absolute Gasteiger partial charge is 0.265 e. The second-order valence-electron chi connectivity index (χ2n) is 4.94. The van der Waals surface area contributed by atoms with E-state index in [1.54, 1.807) is 37.3 Å². The molecule has 2 aromatic rings. The summed E-state index contributed by atoms with van der Waals surface area (Å²) in [7, 11) is 0. The first-order valence-corrected chi connectivity index (χ1v) is 7.82. The largest absolute Gasteiger partial charge is 0.492 e. The minimum absolute atomic E-state index is 0.281. The van der Waals surface area contributed by atoms with Gasteiger partial charge >= 0.3 is 0 Å². The van der Waals surface area contributed by atoms with E-state index in [-0.39, 0.29) is 10.9 Å². The predicted molar refractivity (Wildman–Crippen MR) is 92.5 cm³/mol. The van der Waals surface area contributed by atoms with Gasteiger partial charge in [-0.25, -0.2) is 0 Å². The predicted octanol–water partition coefficient (Wildman–Crippen LogP) is 4.02. The van der Waals surface area contributed by atoms with Gasteiger partial charge in [0.05, 0.1) is 28.9 Å². The molecule has 0 aliphatic rings. The highest BCUT2D eigenvalue weighted by Gasteiger charge is 2.18. The van der Waals surface area contributed by atoms with Crippen molar-refractivity contribution in [3.63, 3.8) is 0 Å². The molecule has 1 atom stereocenters. The molecule has 0 aliphatic heterocycles. The highest BCUT2D eigenvalue weighted by molar-refractivity contribution is 6.32. The third-order valence-corrected chi connectivity index (χ3v) is 3.47. The summed E-state index contributed by atoms with van der Waals surface area (Å²) < 4.78 is 11.1. The summed E-state index contributed by atoms with van der Waals surface area (Å²) in [6, 6.07) is 13.8. The molecule has 0 unspecified atom stereocenters. The SMILES string of the molecule is CCOc1ccccc1NC(=O)[C@@H](C)Oc1ccc(C#N)cc1Cl. The minimum Gasteiger partial charge on any atom is -0.492 e. The molecule has 0 bridgehead atoms. The maximum Gasteiger partial charge on any atom is 0.265 e. The van der Waals surface area contributed by atoms with Crippen molar-refractivity contribution in [1.82, 2.24) is 0 Å². The monoisotopic (exact) mass is 344 g/mol. The van der Waals surface area contributed by atoms with Gasteiger partial charge in [0.15, 0.2) is 6.10 Å². The third-order valence-electron chi connectivity index (χ3n) is 3.18. The summed E-state index contributed by atoms with van der Waals surface area (Å²) in [5, 5.41) is 11.9. The van der Waals surface area contributed by atoms with Crippen molar-refractivity contribution < 1.29 is 14.3 Å². The number of hydrogen-bond acceptors (Lipinski definition) is 4. The van der Waals surface area contributed by atoms with Gasteiger partial charge in [0.25, 0.3) is 5.91 Å². The van der Waals surface area contributed by atoms with E-state index in [0.717, 1.165) is 0 Å². The van der Waals surface area contributed by atoms with Gasteiger partial charge in [0.2, 0.25) is 0 Å². The van der Waals surface area contributed by atoms with E-state index in [2.05, 4.69) is 5.32 Å². The van der Waals surface area contributed by atoms with E-state index < -0.39 is 6.10 Å². The van der Waals surface area contributed by atoms with Crippen molar-refractivity contribution >= 4 is 23.2 Å². The minimum atomic E-state index is -0.773. The second kappa shape index (κ2) is 8.23. The number of anilines is 1. The number of nitrogens with one attached hydrogen (secondary N) is 1. The quantitative estimate of drug-likeness (QED) is 0.859. The highest BCUT2D eigenvalue weighted by atomic mass is 35.5. The summed E-state index contributed by atoms with van der Waals surface area (Å²) in [5.41, 5.74) is 1.00. The number of halogens is 1. The van der Waals surface area contributed by atoms with Crippen molar-refractivity contribution in [3.8, 4) is 17.6 Å². The van der Waals surface area contributed by atoms with Gasteiger partial charge in [-0.15, -0.1) is 0 Å². The van der Waals surface area contributed by atoms with E-state index in [0.29, 0.717) is 29.4 Å². The molecule has 6 heteroatoms. The number of carbonyl (C=O) groups excluding carboxylic acids is 1. The first-order valence-electron chi connectivity index (χ1n) is 7.44. The number of amides is 1. The molecule has 5 nitrogen and oxygen atoms in total. The van der Waals surface area contributed by atoms with Crippen LogP contribution in [0.3, 0.4) is 0 Å². The standard InChI is InChI=1S/C18H17ClN2O3/c1-3-23-17-7-5-4-6-15(17)21-18(22)12(2)24-16-9-8-13(11-20)10-14(16)19/h4-10,12H,3H2,1-2H3,(H,21,22)/t12-/m1/s1. The fourth-order valence-corrected chi connectivity index (χ4v) is 2.22. The molecule has 24 heavy (non-hydrogen) atoms. The lowest BCUT2D eigenvalue weighted by Crippen LogP contribution is -2.30. The summed E-state index contributed by atoms with van der Waals surface area (Å²) >= 11 is 6.06. The number of para-hydroxylation sites is 2. The van der Waals surface area contributed by atoms with E-state index in [9.17, 15) is 4.79 Å². The lowest BCUT2D eigenvalue weighted by molar-refractivity contribution is -0.122. The Kier molecular flexibility index (Phi) is 6.05. The molecule has 0 fully saturated rings. The topological polar surface area (TPSA) is 71.3 Å². The molecule has 0 aromatic heterocycles. The van der Waals surface area contributed by atoms with E-state index >= 15 is 0 Å². The van der Waals surface area contributed by atoms with Crippen LogP contribution in [0.15, 0.2) is 42.5 Å². The van der Waals surface area contributed by atoms with Gasteiger partial charge in [0, 0.05) is 0 Å². The Morgan fingerprint density at radius 3 is 2.71 bits per heavy atom. The van der Waals surface area contributed by atoms with Crippen LogP contribution in [0.2, 0.25) is 5.02 Å². The summed E-state index contributed by atoms with van der Waals surface area (Å²) in [6.07, 6.45) is -0.773. The molecule has 0 saturated heterocycles. The Labute approximate surface area is 145 Å². The van der Waals surface area contributed by atoms with Crippen LogP contribution in [0.1, 0.15) is 19.4 Å². The first kappa shape index (κ1) is 17.6. The van der Waals surface area contributed by atoms with Crippen molar-refractivity contribution in [2.24, 2.45) is 0 Å². The fraction of sp³-hybridized carbons (Fsp3) is 0.222. The fourth-order valence-electron chi connectivity index (χ4n) is 2.00. The molecule has 2 aromatic carbocycles. The lowest BCUT2D eigenvalue weighted by Gasteiger charge is -2.17. The van der Waals surface area contributed by atoms with Crippen LogP contribution in [0.25, 0.3) is 0 Å². The first-order chi connectivity index (χ1) is 11.5. The third kappa shape index (κ3) is 4.40. The Morgan fingerprint density at radius 2 is 2.04 bits per heavy atom. The molecule has 1 amide bonds. The second-order valence-corrected chi connectivity index (χ2v) is 5.34. The number of nitrogens with zero attached hydrogens (tertiary/aromatic N) is 1. The Hall–Kier alpha value is -2.71. The average molecular weight is 345 g/mol. The van der Waals surface area contributed by atoms with Crippen LogP contribution < -0.4 is 14.8 Å². The van der Waals surface area contributed by atoms with Crippen molar-refractivity contribution in [1.29, 1.82) is 5.26 Å². The van der Waals surface area contributed by atoms with Crippen LogP contribution >= 0.6 is 11.6 Å². The highest BCUT2D eigenvalue weighted by Crippen LogP contribution is 2.27. The zero-order valence-electron chi connectivity index (χ0n) is 13.4. The maximum atomic E-state index is 12.3. The summed E-state index contributed by atoms with van der Waals surface area (Å²) in [4.78, 5) is 12.3. The molecule has 0 radical (unpaired) electrons. The van der Waals surface area contributed by atoms with Crippen LogP contribution in [-0.4, -0.2) is 18.6 Å². The summed E-state index contributed by atoms with van der Waals surface area (Å²) in [5.74, 6) is 0.607. The molecule has 124 valence electrons. The van der Waals surface area contributed by atoms with Crippen LogP contribution in [0, 0.1) is 11.3 Å². The van der Waals surface area contributed by atoms with Crippen LogP contribution in [-0.2, 0) is 4.79 Å². The molecule has 0 aliphatic carbocycles. The van der Waals surface area contributed by atoms with Crippen molar-refractivity contribution in [3.05, 3.63) is 53.1 Å². The van der Waals surface area contributed by atoms with Crippen molar-refractivity contribution in [2.45, 2.75) is 20.0 Å². The number of nitriles is 1. The molecular weight excluding hydrogens is 328 g/mol. The van der Waals surface area contributed by atoms with E-state index in [4.69, 9.17) is 26.3 Å². The normalized spacial score (nSPS) is 11.2. The zero-order chi connectivity index (χ0) is 17.5. The van der Waals surface area contributed by atoms with E-state index in [1.165, 1.54) is 6.07 Å². The molecule has 0 heterocycles. The Morgan fingerprint density at radius 1 is 1.29 bits per heavy atom. The van der Waals surface area contributed by atoms with Gasteiger partial charge in [-0.3, -0.25) is 4.79 Å². The number of rotatable bonds is 6. The number of hydrogen-bond donors (Lipinski definition) is 1. The number of benzene rings is 2. The average Bonchev–Trinajstić information content (AvgIpc) is 2.58. The zero-order valence-corrected chi connectivity index (χ0v) is 14.1. The Balaban J connectivity index is 2.07. The molecule has 2 rings (SSSR count). The maximum absolute atomic E-state index is 12.3. The van der Waals surface area contributed by atoms with Gasteiger partial charge < -0.3 is 14.8 Å². The van der Waals surface area contributed by atoms with Gasteiger partial charge in [0.1, 0.15) is 11.5 Å². The van der Waals surface area contributed by atoms with Gasteiger partial charge in [-0.2, -0.15) is 5.26 Å². The lowest BCUT2D eigenvalue weighted by atomic mass is 10.2. The number of carbonyl (C=O) groups is 1. The molecule has 0 saturated carbocycles. The molecular formula is C18H17ClN2O3. The van der Waals surface area contributed by atoms with Crippen molar-refractivity contribution in [2.75, 3.05) is 11.9 Å².